The van der Waals surface area contributed by atoms with E-state index >= 15 is 0 Å². The van der Waals surface area contributed by atoms with E-state index in [9.17, 15) is 9.90 Å². The Morgan fingerprint density at radius 2 is 2.25 bits per heavy atom. The second-order valence-electron chi connectivity index (χ2n) is 5.54. The number of hydrogen-bond donors (Lipinski definition) is 2. The number of aromatic carboxylic acids is 1. The Morgan fingerprint density at radius 1 is 1.55 bits per heavy atom. The Kier molecular flexibility index (Phi) is 4.52. The summed E-state index contributed by atoms with van der Waals surface area (Å²) >= 11 is 1.85. The van der Waals surface area contributed by atoms with Crippen LogP contribution in [-0.2, 0) is 0 Å². The first-order chi connectivity index (χ1) is 9.47. The second kappa shape index (κ2) is 5.99. The molecule has 5 nitrogen and oxygen atoms in total. The largest absolute Gasteiger partial charge is 0.476 e. The molecular formula is C14H21N3O2S. The summed E-state index contributed by atoms with van der Waals surface area (Å²) in [6.45, 7) is 4.66. The Hall–Kier alpha value is -1.30. The molecule has 110 valence electrons. The molecule has 1 aromatic heterocycles. The summed E-state index contributed by atoms with van der Waals surface area (Å²) in [5, 5.41) is 12.5. The van der Waals surface area contributed by atoms with Crippen molar-refractivity contribution in [3.8, 4) is 0 Å². The maximum Gasteiger partial charge on any atom is 0.356 e. The maximum absolute atomic E-state index is 11.3. The van der Waals surface area contributed by atoms with Crippen molar-refractivity contribution in [2.24, 2.45) is 0 Å². The average molecular weight is 295 g/mol. The molecule has 20 heavy (non-hydrogen) atoms. The first kappa shape index (κ1) is 15.1. The molecule has 0 amide bonds. The summed E-state index contributed by atoms with van der Waals surface area (Å²) in [4.78, 5) is 19.7. The minimum absolute atomic E-state index is 0.0688. The van der Waals surface area contributed by atoms with Crippen LogP contribution in [0.25, 0.3) is 0 Å². The third kappa shape index (κ3) is 3.06. The summed E-state index contributed by atoms with van der Waals surface area (Å²) < 4.78 is 0.243. The molecule has 0 unspecified atom stereocenters. The molecule has 1 aliphatic rings. The molecule has 1 aliphatic carbocycles. The van der Waals surface area contributed by atoms with Gasteiger partial charge in [-0.05, 0) is 19.1 Å². The molecule has 1 saturated carbocycles. The normalized spacial score (nSPS) is 16.8. The lowest BCUT2D eigenvalue weighted by Crippen LogP contribution is -2.40. The van der Waals surface area contributed by atoms with Crippen LogP contribution in [0.2, 0.25) is 0 Å². The first-order valence-electron chi connectivity index (χ1n) is 6.87. The van der Waals surface area contributed by atoms with E-state index in [4.69, 9.17) is 0 Å². The van der Waals surface area contributed by atoms with Gasteiger partial charge in [0.2, 0.25) is 0 Å². The van der Waals surface area contributed by atoms with E-state index in [2.05, 4.69) is 21.5 Å². The highest BCUT2D eigenvalue weighted by Crippen LogP contribution is 2.42. The molecule has 1 aromatic rings. The molecule has 1 heterocycles. The lowest BCUT2D eigenvalue weighted by atomic mass is 9.84. The molecule has 0 aliphatic heterocycles. The molecule has 0 spiro atoms. The number of carboxylic acid groups (broad SMARTS) is 1. The molecule has 6 heteroatoms. The van der Waals surface area contributed by atoms with Gasteiger partial charge in [0.05, 0.1) is 11.9 Å². The van der Waals surface area contributed by atoms with E-state index in [1.54, 1.807) is 6.20 Å². The minimum Gasteiger partial charge on any atom is -0.476 e. The zero-order valence-corrected chi connectivity index (χ0v) is 13.0. The zero-order chi connectivity index (χ0) is 14.8. The summed E-state index contributed by atoms with van der Waals surface area (Å²) in [7, 11) is 0. The number of hydrogen-bond acceptors (Lipinski definition) is 5. The molecule has 0 bridgehead atoms. The van der Waals surface area contributed by atoms with E-state index in [1.165, 1.54) is 19.3 Å². The number of nitrogens with one attached hydrogen (secondary N) is 1. The standard InChI is InChI=1S/C14H21N3O2S/c1-9(2)12-15-7-10(11(17-12)13(18)19)16-8-14(20-3)5-4-6-14/h7,9,16H,4-6,8H2,1-3H3,(H,18,19). The van der Waals surface area contributed by atoms with Gasteiger partial charge in [0.15, 0.2) is 5.69 Å². The highest BCUT2D eigenvalue weighted by molar-refractivity contribution is 8.00. The number of carbonyl (C=O) groups is 1. The highest BCUT2D eigenvalue weighted by Gasteiger charge is 2.36. The number of carboxylic acids is 1. The fraction of sp³-hybridized carbons (Fsp3) is 0.643. The molecular weight excluding hydrogens is 274 g/mol. The molecule has 1 fully saturated rings. The predicted molar refractivity (Wildman–Crippen MR) is 81.7 cm³/mol. The lowest BCUT2D eigenvalue weighted by molar-refractivity contribution is 0.0691. The van der Waals surface area contributed by atoms with E-state index < -0.39 is 5.97 Å². The summed E-state index contributed by atoms with van der Waals surface area (Å²) in [5.74, 6) is -0.328. The quantitative estimate of drug-likeness (QED) is 0.840. The van der Waals surface area contributed by atoms with Crippen LogP contribution in [0, 0.1) is 0 Å². The minimum atomic E-state index is -1.01. The van der Waals surface area contributed by atoms with Gasteiger partial charge in [-0.3, -0.25) is 0 Å². The number of anilines is 1. The van der Waals surface area contributed by atoms with Crippen molar-refractivity contribution in [3.05, 3.63) is 17.7 Å². The van der Waals surface area contributed by atoms with Gasteiger partial charge in [0.1, 0.15) is 5.82 Å². The molecule has 0 saturated heterocycles. The third-order valence-electron chi connectivity index (χ3n) is 3.83. The SMILES string of the molecule is CSC1(CNc2cnc(C(C)C)nc2C(=O)O)CCC1. The van der Waals surface area contributed by atoms with Gasteiger partial charge in [0, 0.05) is 17.2 Å². The Labute approximate surface area is 123 Å². The smallest absolute Gasteiger partial charge is 0.356 e. The molecule has 0 radical (unpaired) electrons. The topological polar surface area (TPSA) is 75.1 Å². The highest BCUT2D eigenvalue weighted by atomic mass is 32.2. The van der Waals surface area contributed by atoms with E-state index in [0.717, 1.165) is 6.54 Å². The second-order valence-corrected chi connectivity index (χ2v) is 6.82. The van der Waals surface area contributed by atoms with Crippen molar-refractivity contribution >= 4 is 23.4 Å². The number of rotatable bonds is 6. The van der Waals surface area contributed by atoms with Crippen molar-refractivity contribution in [3.63, 3.8) is 0 Å². The van der Waals surface area contributed by atoms with Crippen LogP contribution in [0.1, 0.15) is 55.3 Å². The van der Waals surface area contributed by atoms with Crippen LogP contribution in [-0.4, -0.2) is 38.6 Å². The van der Waals surface area contributed by atoms with E-state index in [1.807, 2.05) is 25.6 Å². The first-order valence-corrected chi connectivity index (χ1v) is 8.09. The molecule has 0 aromatic carbocycles. The van der Waals surface area contributed by atoms with Gasteiger partial charge in [-0.25, -0.2) is 14.8 Å². The van der Waals surface area contributed by atoms with Crippen LogP contribution in [0.3, 0.4) is 0 Å². The molecule has 2 N–H and O–H groups in total. The predicted octanol–water partition coefficient (Wildman–Crippen LogP) is 3.00. The molecule has 0 atom stereocenters. The summed E-state index contributed by atoms with van der Waals surface area (Å²) in [5.41, 5.74) is 0.585. The summed E-state index contributed by atoms with van der Waals surface area (Å²) in [6, 6.07) is 0. The van der Waals surface area contributed by atoms with Crippen LogP contribution in [0.4, 0.5) is 5.69 Å². The van der Waals surface area contributed by atoms with Crippen LogP contribution in [0.5, 0.6) is 0 Å². The van der Waals surface area contributed by atoms with Crippen molar-refractivity contribution in [2.45, 2.75) is 43.8 Å². The average Bonchev–Trinajstić information content (AvgIpc) is 2.37. The van der Waals surface area contributed by atoms with Crippen LogP contribution < -0.4 is 5.32 Å². The number of aromatic nitrogens is 2. The maximum atomic E-state index is 11.3. The van der Waals surface area contributed by atoms with Crippen molar-refractivity contribution < 1.29 is 9.90 Å². The van der Waals surface area contributed by atoms with Crippen molar-refractivity contribution in [1.29, 1.82) is 0 Å². The van der Waals surface area contributed by atoms with Gasteiger partial charge in [-0.2, -0.15) is 11.8 Å². The Morgan fingerprint density at radius 3 is 2.70 bits per heavy atom. The number of thioether (sulfide) groups is 1. The van der Waals surface area contributed by atoms with E-state index in [-0.39, 0.29) is 16.4 Å². The fourth-order valence-electron chi connectivity index (χ4n) is 2.25. The third-order valence-corrected chi connectivity index (χ3v) is 5.24. The Bertz CT molecular complexity index is 496. The van der Waals surface area contributed by atoms with Crippen molar-refractivity contribution in [2.75, 3.05) is 18.1 Å². The monoisotopic (exact) mass is 295 g/mol. The fourth-order valence-corrected chi connectivity index (χ4v) is 3.16. The van der Waals surface area contributed by atoms with Crippen molar-refractivity contribution in [1.82, 2.24) is 9.97 Å². The van der Waals surface area contributed by atoms with Gasteiger partial charge in [0.25, 0.3) is 0 Å². The van der Waals surface area contributed by atoms with Gasteiger partial charge >= 0.3 is 5.97 Å². The number of nitrogens with zero attached hydrogens (tertiary/aromatic N) is 2. The van der Waals surface area contributed by atoms with Crippen LogP contribution in [0.15, 0.2) is 6.20 Å². The lowest BCUT2D eigenvalue weighted by Gasteiger charge is -2.40. The zero-order valence-electron chi connectivity index (χ0n) is 12.1. The van der Waals surface area contributed by atoms with Gasteiger partial charge in [-0.15, -0.1) is 0 Å². The van der Waals surface area contributed by atoms with Gasteiger partial charge < -0.3 is 10.4 Å². The summed E-state index contributed by atoms with van der Waals surface area (Å²) in [6.07, 6.45) is 7.30. The van der Waals surface area contributed by atoms with Gasteiger partial charge in [-0.1, -0.05) is 20.3 Å². The van der Waals surface area contributed by atoms with E-state index in [0.29, 0.717) is 11.5 Å². The van der Waals surface area contributed by atoms with Crippen LogP contribution >= 0.6 is 11.8 Å². The Balaban J connectivity index is 2.16. The molecule has 2 rings (SSSR count).